The van der Waals surface area contributed by atoms with Gasteiger partial charge in [-0.1, -0.05) is 6.92 Å². The molecule has 15 heavy (non-hydrogen) atoms. The summed E-state index contributed by atoms with van der Waals surface area (Å²) in [6.07, 6.45) is 0.325. The lowest BCUT2D eigenvalue weighted by Gasteiger charge is -2.09. The Hall–Kier alpha value is -0.910. The van der Waals surface area contributed by atoms with Gasteiger partial charge in [-0.25, -0.2) is 0 Å². The summed E-state index contributed by atoms with van der Waals surface area (Å²) in [7, 11) is -1.44. The van der Waals surface area contributed by atoms with Crippen molar-refractivity contribution in [3.8, 4) is 0 Å². The number of hydrogen-bond acceptors (Lipinski definition) is 4. The third-order valence-electron chi connectivity index (χ3n) is 1.73. The standard InChI is InChI=1S/C9H16O5S/c1-3-7(2)14-9(12)6-15(13)5-4-8(10)11/h7H,3-6H2,1-2H3,(H,10,11). The normalized spacial score (nSPS) is 14.3. The molecule has 0 radical (unpaired) electrons. The number of esters is 1. The zero-order chi connectivity index (χ0) is 11.8. The topological polar surface area (TPSA) is 80.7 Å². The molecule has 0 aliphatic rings. The van der Waals surface area contributed by atoms with Gasteiger partial charge in [0.05, 0.1) is 12.5 Å². The van der Waals surface area contributed by atoms with Crippen LogP contribution in [0.25, 0.3) is 0 Å². The average Bonchev–Trinajstić information content (AvgIpc) is 2.14. The summed E-state index contributed by atoms with van der Waals surface area (Å²) in [5, 5.41) is 8.33. The number of ether oxygens (including phenoxy) is 1. The number of hydrogen-bond donors (Lipinski definition) is 1. The molecular formula is C9H16O5S. The Kier molecular flexibility index (Phi) is 6.94. The second-order valence-corrected chi connectivity index (χ2v) is 4.72. The van der Waals surface area contributed by atoms with Gasteiger partial charge < -0.3 is 9.84 Å². The number of carbonyl (C=O) groups is 2. The van der Waals surface area contributed by atoms with E-state index in [1.165, 1.54) is 0 Å². The van der Waals surface area contributed by atoms with Crippen LogP contribution in [0.1, 0.15) is 26.7 Å². The van der Waals surface area contributed by atoms with Gasteiger partial charge in [0.15, 0.2) is 0 Å². The van der Waals surface area contributed by atoms with Gasteiger partial charge in [0.25, 0.3) is 0 Å². The van der Waals surface area contributed by atoms with Crippen LogP contribution in [-0.4, -0.2) is 38.9 Å². The van der Waals surface area contributed by atoms with Gasteiger partial charge >= 0.3 is 11.9 Å². The van der Waals surface area contributed by atoms with Crippen LogP contribution >= 0.6 is 0 Å². The largest absolute Gasteiger partial charge is 0.481 e. The second-order valence-electron chi connectivity index (χ2n) is 3.14. The van der Waals surface area contributed by atoms with Crippen LogP contribution in [0.4, 0.5) is 0 Å². The zero-order valence-corrected chi connectivity index (χ0v) is 9.71. The molecular weight excluding hydrogens is 220 g/mol. The fraction of sp³-hybridized carbons (Fsp3) is 0.778. The maximum absolute atomic E-state index is 11.2. The molecule has 1 N–H and O–H groups in total. The van der Waals surface area contributed by atoms with E-state index in [-0.39, 0.29) is 24.0 Å². The highest BCUT2D eigenvalue weighted by Crippen LogP contribution is 1.98. The molecule has 0 heterocycles. The van der Waals surface area contributed by atoms with Crippen molar-refractivity contribution >= 4 is 22.7 Å². The van der Waals surface area contributed by atoms with Gasteiger partial charge in [0.1, 0.15) is 5.75 Å². The van der Waals surface area contributed by atoms with Gasteiger partial charge in [0, 0.05) is 16.6 Å². The van der Waals surface area contributed by atoms with Crippen molar-refractivity contribution in [2.24, 2.45) is 0 Å². The van der Waals surface area contributed by atoms with Crippen LogP contribution in [0.3, 0.4) is 0 Å². The van der Waals surface area contributed by atoms with E-state index in [0.29, 0.717) is 6.42 Å². The lowest BCUT2D eigenvalue weighted by molar-refractivity contribution is -0.145. The molecule has 2 unspecified atom stereocenters. The number of rotatable bonds is 7. The SMILES string of the molecule is CCC(C)OC(=O)CS(=O)CCC(=O)O. The van der Waals surface area contributed by atoms with E-state index in [2.05, 4.69) is 0 Å². The van der Waals surface area contributed by atoms with Gasteiger partial charge in [-0.05, 0) is 13.3 Å². The van der Waals surface area contributed by atoms with Crippen molar-refractivity contribution in [3.05, 3.63) is 0 Å². The highest BCUT2D eigenvalue weighted by molar-refractivity contribution is 7.85. The minimum Gasteiger partial charge on any atom is -0.481 e. The predicted molar refractivity (Wildman–Crippen MR) is 56.0 cm³/mol. The summed E-state index contributed by atoms with van der Waals surface area (Å²) in [5.74, 6) is -1.78. The molecule has 0 amide bonds. The number of carboxylic acids is 1. The minimum atomic E-state index is -1.44. The quantitative estimate of drug-likeness (QED) is 0.653. The molecule has 0 aromatic rings. The first-order chi connectivity index (χ1) is 6.95. The Morgan fingerprint density at radius 1 is 1.47 bits per heavy atom. The molecule has 6 heteroatoms. The van der Waals surface area contributed by atoms with Crippen molar-refractivity contribution in [1.29, 1.82) is 0 Å². The molecule has 0 rings (SSSR count). The van der Waals surface area contributed by atoms with Crippen molar-refractivity contribution in [2.45, 2.75) is 32.8 Å². The Morgan fingerprint density at radius 2 is 2.07 bits per heavy atom. The molecule has 0 bridgehead atoms. The Labute approximate surface area is 91.3 Å². The molecule has 0 aromatic heterocycles. The molecule has 0 aromatic carbocycles. The third-order valence-corrected chi connectivity index (χ3v) is 2.95. The first-order valence-electron chi connectivity index (χ1n) is 4.72. The van der Waals surface area contributed by atoms with Crippen LogP contribution in [0.5, 0.6) is 0 Å². The second kappa shape index (κ2) is 7.39. The first kappa shape index (κ1) is 14.1. The smallest absolute Gasteiger partial charge is 0.318 e. The van der Waals surface area contributed by atoms with Crippen molar-refractivity contribution in [3.63, 3.8) is 0 Å². The van der Waals surface area contributed by atoms with Crippen LogP contribution in [0.2, 0.25) is 0 Å². The van der Waals surface area contributed by atoms with E-state index in [1.54, 1.807) is 6.92 Å². The molecule has 5 nitrogen and oxygen atoms in total. The minimum absolute atomic E-state index is 0.00899. The van der Waals surface area contributed by atoms with Crippen LogP contribution < -0.4 is 0 Å². The Bertz CT molecular complexity index is 251. The van der Waals surface area contributed by atoms with Gasteiger partial charge in [-0.2, -0.15) is 0 Å². The van der Waals surface area contributed by atoms with Crippen molar-refractivity contribution in [1.82, 2.24) is 0 Å². The summed E-state index contributed by atoms with van der Waals surface area (Å²) in [4.78, 5) is 21.3. The summed E-state index contributed by atoms with van der Waals surface area (Å²) >= 11 is 0. The van der Waals surface area contributed by atoms with E-state index >= 15 is 0 Å². The number of carboxylic acid groups (broad SMARTS) is 1. The first-order valence-corrected chi connectivity index (χ1v) is 6.20. The van der Waals surface area contributed by atoms with E-state index in [0.717, 1.165) is 0 Å². The Morgan fingerprint density at radius 3 is 2.53 bits per heavy atom. The monoisotopic (exact) mass is 236 g/mol. The van der Waals surface area contributed by atoms with Crippen molar-refractivity contribution in [2.75, 3.05) is 11.5 Å². The van der Waals surface area contributed by atoms with Crippen LogP contribution in [-0.2, 0) is 25.1 Å². The molecule has 0 saturated carbocycles. The predicted octanol–water partition coefficient (Wildman–Crippen LogP) is 0.552. The Balaban J connectivity index is 3.76. The molecule has 88 valence electrons. The summed E-state index contributed by atoms with van der Waals surface area (Å²) < 4.78 is 16.1. The van der Waals surface area contributed by atoms with Crippen LogP contribution in [0.15, 0.2) is 0 Å². The maximum Gasteiger partial charge on any atom is 0.318 e. The lowest BCUT2D eigenvalue weighted by atomic mass is 10.3. The van der Waals surface area contributed by atoms with Crippen molar-refractivity contribution < 1.29 is 23.6 Å². The number of aliphatic carboxylic acids is 1. The van der Waals surface area contributed by atoms with E-state index in [1.807, 2.05) is 6.92 Å². The molecule has 0 fully saturated rings. The summed E-state index contributed by atoms with van der Waals surface area (Å²) in [5.41, 5.74) is 0. The molecule has 0 aliphatic carbocycles. The lowest BCUT2D eigenvalue weighted by Crippen LogP contribution is -2.21. The van der Waals surface area contributed by atoms with Crippen LogP contribution in [0, 0.1) is 0 Å². The molecule has 0 spiro atoms. The van der Waals surface area contributed by atoms with Gasteiger partial charge in [-0.3, -0.25) is 13.8 Å². The third kappa shape index (κ3) is 8.11. The highest BCUT2D eigenvalue weighted by Gasteiger charge is 2.12. The summed E-state index contributed by atoms with van der Waals surface area (Å²) in [6, 6.07) is 0. The van der Waals surface area contributed by atoms with E-state index in [9.17, 15) is 13.8 Å². The highest BCUT2D eigenvalue weighted by atomic mass is 32.2. The van der Waals surface area contributed by atoms with E-state index < -0.39 is 22.7 Å². The van der Waals surface area contributed by atoms with E-state index in [4.69, 9.17) is 9.84 Å². The van der Waals surface area contributed by atoms with Gasteiger partial charge in [-0.15, -0.1) is 0 Å². The fourth-order valence-electron chi connectivity index (χ4n) is 0.747. The summed E-state index contributed by atoms with van der Waals surface area (Å²) in [6.45, 7) is 3.62. The molecule has 0 aliphatic heterocycles. The molecule has 2 atom stereocenters. The zero-order valence-electron chi connectivity index (χ0n) is 8.89. The average molecular weight is 236 g/mol. The van der Waals surface area contributed by atoms with Gasteiger partial charge in [0.2, 0.25) is 0 Å². The number of carbonyl (C=O) groups excluding carboxylic acids is 1. The fourth-order valence-corrected chi connectivity index (χ4v) is 1.62. The molecule has 0 saturated heterocycles. The maximum atomic E-state index is 11.2.